The smallest absolute Gasteiger partial charge is 0.305 e. The number of methoxy groups -OCH3 is 1. The number of ether oxygens (including phenoxy) is 4. The van der Waals surface area contributed by atoms with Gasteiger partial charge in [0.2, 0.25) is 0 Å². The number of carbonyl (C=O) groups is 4. The van der Waals surface area contributed by atoms with Crippen LogP contribution in [0.4, 0.5) is 0 Å². The molecule has 0 spiro atoms. The largest absolute Gasteiger partial charge is 0.469 e. The van der Waals surface area contributed by atoms with Crippen molar-refractivity contribution in [3.63, 3.8) is 0 Å². The van der Waals surface area contributed by atoms with Crippen molar-refractivity contribution in [1.29, 1.82) is 0 Å². The van der Waals surface area contributed by atoms with E-state index >= 15 is 0 Å². The average molecular weight is 549 g/mol. The summed E-state index contributed by atoms with van der Waals surface area (Å²) in [4.78, 5) is 48.5. The van der Waals surface area contributed by atoms with E-state index in [1.807, 2.05) is 0 Å². The summed E-state index contributed by atoms with van der Waals surface area (Å²) in [6.45, 7) is 11.3. The second-order valence-electron chi connectivity index (χ2n) is 13.4. The van der Waals surface area contributed by atoms with Crippen molar-refractivity contribution in [2.45, 2.75) is 118 Å². The van der Waals surface area contributed by atoms with E-state index in [-0.39, 0.29) is 88.5 Å². The van der Waals surface area contributed by atoms with Gasteiger partial charge in [0.25, 0.3) is 0 Å². The van der Waals surface area contributed by atoms with Gasteiger partial charge in [0.15, 0.2) is 0 Å². The lowest BCUT2D eigenvalue weighted by Crippen LogP contribution is -2.63. The maximum absolute atomic E-state index is 12.5. The van der Waals surface area contributed by atoms with E-state index < -0.39 is 0 Å². The second kappa shape index (κ2) is 11.4. The molecule has 4 aliphatic rings. The van der Waals surface area contributed by atoms with E-state index in [2.05, 4.69) is 20.8 Å². The molecule has 4 rings (SSSR count). The van der Waals surface area contributed by atoms with Gasteiger partial charge >= 0.3 is 23.9 Å². The highest BCUT2D eigenvalue weighted by molar-refractivity contribution is 5.69. The van der Waals surface area contributed by atoms with Crippen LogP contribution >= 0.6 is 0 Å². The number of fused-ring (bicyclic) bond motifs is 5. The maximum atomic E-state index is 12.5. The van der Waals surface area contributed by atoms with E-state index in [4.69, 9.17) is 18.9 Å². The topological polar surface area (TPSA) is 105 Å². The van der Waals surface area contributed by atoms with Gasteiger partial charge in [0.05, 0.1) is 7.11 Å². The van der Waals surface area contributed by atoms with Crippen molar-refractivity contribution in [2.75, 3.05) is 7.11 Å². The molecule has 0 aliphatic heterocycles. The first kappa shape index (κ1) is 29.9. The van der Waals surface area contributed by atoms with Crippen molar-refractivity contribution in [3.05, 3.63) is 0 Å². The molecule has 0 amide bonds. The van der Waals surface area contributed by atoms with E-state index in [1.165, 1.54) is 27.9 Å². The van der Waals surface area contributed by atoms with Crippen LogP contribution in [0.15, 0.2) is 0 Å². The van der Waals surface area contributed by atoms with Crippen LogP contribution in [0.2, 0.25) is 0 Å². The lowest BCUT2D eigenvalue weighted by atomic mass is 9.43. The zero-order chi connectivity index (χ0) is 28.7. The number of esters is 4. The average Bonchev–Trinajstić information content (AvgIpc) is 3.20. The Morgan fingerprint density at radius 2 is 1.51 bits per heavy atom. The molecular weight excluding hydrogens is 500 g/mol. The fourth-order valence-corrected chi connectivity index (χ4v) is 9.77. The SMILES string of the molecule is COC(=O)CCC(C)C1CCC2C3C(OC(C)=O)C[C@@H]4C[C@H](OC(C)=O)CCC4(C)C3C[C@H](OC(C)=O)C12C. The molecule has 39 heavy (non-hydrogen) atoms. The molecule has 4 aliphatic carbocycles. The fraction of sp³-hybridized carbons (Fsp3) is 0.871. The van der Waals surface area contributed by atoms with Crippen molar-refractivity contribution in [2.24, 2.45) is 46.3 Å². The van der Waals surface area contributed by atoms with Gasteiger partial charge in [-0.05, 0) is 86.4 Å². The van der Waals surface area contributed by atoms with Crippen LogP contribution in [0.1, 0.15) is 99.3 Å². The molecule has 4 fully saturated rings. The Morgan fingerprint density at radius 3 is 2.13 bits per heavy atom. The third-order valence-electron chi connectivity index (χ3n) is 11.4. The highest BCUT2D eigenvalue weighted by Crippen LogP contribution is 2.69. The molecule has 8 heteroatoms. The molecule has 0 bridgehead atoms. The molecule has 8 nitrogen and oxygen atoms in total. The van der Waals surface area contributed by atoms with E-state index in [1.54, 1.807) is 0 Å². The first-order valence-electron chi connectivity index (χ1n) is 14.9. The zero-order valence-electron chi connectivity index (χ0n) is 24.8. The lowest BCUT2D eigenvalue weighted by Gasteiger charge is -2.64. The normalized spacial score (nSPS) is 41.7. The van der Waals surface area contributed by atoms with Crippen LogP contribution < -0.4 is 0 Å². The summed E-state index contributed by atoms with van der Waals surface area (Å²) >= 11 is 0. The Kier molecular flexibility index (Phi) is 8.73. The van der Waals surface area contributed by atoms with Gasteiger partial charge < -0.3 is 18.9 Å². The van der Waals surface area contributed by atoms with Gasteiger partial charge in [-0.15, -0.1) is 0 Å². The molecule has 0 saturated heterocycles. The Labute approximate surface area is 233 Å². The highest BCUT2D eigenvalue weighted by Gasteiger charge is 2.67. The number of rotatable bonds is 7. The standard InChI is InChI=1S/C31H48O8/c1-17(8-11-28(35)36-7)23-9-10-24-29-25(16-27(31(23,24)6)39-20(4)34)30(5)13-12-22(37-18(2)32)14-21(30)15-26(29)38-19(3)33/h17,21-27,29H,8-16H2,1-7H3/t17?,21-,22+,23?,24?,25?,26?,27-,29?,30?,31?/m0/s1. The molecule has 0 aromatic heterocycles. The van der Waals surface area contributed by atoms with Gasteiger partial charge in [0.1, 0.15) is 18.3 Å². The molecule has 0 aromatic carbocycles. The van der Waals surface area contributed by atoms with Crippen molar-refractivity contribution >= 4 is 23.9 Å². The minimum Gasteiger partial charge on any atom is -0.469 e. The Bertz CT molecular complexity index is 962. The predicted molar refractivity (Wildman–Crippen MR) is 143 cm³/mol. The van der Waals surface area contributed by atoms with Crippen LogP contribution in [0, 0.1) is 46.3 Å². The lowest BCUT2D eigenvalue weighted by molar-refractivity contribution is -0.224. The summed E-state index contributed by atoms with van der Waals surface area (Å²) in [6.07, 6.45) is 6.53. The zero-order valence-corrected chi connectivity index (χ0v) is 24.8. The van der Waals surface area contributed by atoms with Gasteiger partial charge in [0, 0.05) is 38.5 Å². The molecule has 0 radical (unpaired) electrons. The molecule has 0 heterocycles. The number of hydrogen-bond donors (Lipinski definition) is 0. The Hall–Kier alpha value is -2.12. The van der Waals surface area contributed by atoms with Crippen molar-refractivity contribution in [1.82, 2.24) is 0 Å². The van der Waals surface area contributed by atoms with Gasteiger partial charge in [-0.25, -0.2) is 0 Å². The second-order valence-corrected chi connectivity index (χ2v) is 13.4. The highest BCUT2D eigenvalue weighted by atomic mass is 16.6. The summed E-state index contributed by atoms with van der Waals surface area (Å²) < 4.78 is 22.8. The van der Waals surface area contributed by atoms with Gasteiger partial charge in [-0.3, -0.25) is 19.2 Å². The molecule has 0 N–H and O–H groups in total. The molecular formula is C31H48O8. The minimum atomic E-state index is -0.279. The fourth-order valence-electron chi connectivity index (χ4n) is 9.77. The van der Waals surface area contributed by atoms with E-state index in [9.17, 15) is 19.2 Å². The monoisotopic (exact) mass is 548 g/mol. The van der Waals surface area contributed by atoms with Gasteiger partial charge in [-0.2, -0.15) is 0 Å². The Balaban J connectivity index is 1.70. The molecule has 11 atom stereocenters. The summed E-state index contributed by atoms with van der Waals surface area (Å²) in [5.41, 5.74) is -0.300. The van der Waals surface area contributed by atoms with Crippen molar-refractivity contribution in [3.8, 4) is 0 Å². The number of hydrogen-bond acceptors (Lipinski definition) is 8. The maximum Gasteiger partial charge on any atom is 0.305 e. The third kappa shape index (κ3) is 5.58. The first-order chi connectivity index (χ1) is 18.3. The number of carbonyl (C=O) groups excluding carboxylic acids is 4. The van der Waals surface area contributed by atoms with E-state index in [0.29, 0.717) is 6.42 Å². The van der Waals surface area contributed by atoms with Crippen LogP contribution in [0.25, 0.3) is 0 Å². The van der Waals surface area contributed by atoms with E-state index in [0.717, 1.165) is 51.4 Å². The molecule has 8 unspecified atom stereocenters. The molecule has 220 valence electrons. The van der Waals surface area contributed by atoms with Crippen LogP contribution in [0.3, 0.4) is 0 Å². The predicted octanol–water partition coefficient (Wildman–Crippen LogP) is 5.25. The molecule has 4 saturated carbocycles. The quantitative estimate of drug-likeness (QED) is 0.314. The van der Waals surface area contributed by atoms with Crippen LogP contribution in [-0.4, -0.2) is 49.3 Å². The minimum absolute atomic E-state index is 0.0215. The summed E-state index contributed by atoms with van der Waals surface area (Å²) in [5.74, 6) is 0.438. The summed E-state index contributed by atoms with van der Waals surface area (Å²) in [5, 5.41) is 0. The summed E-state index contributed by atoms with van der Waals surface area (Å²) in [7, 11) is 1.42. The third-order valence-corrected chi connectivity index (χ3v) is 11.4. The Morgan fingerprint density at radius 1 is 0.846 bits per heavy atom. The van der Waals surface area contributed by atoms with Crippen molar-refractivity contribution < 1.29 is 38.1 Å². The summed E-state index contributed by atoms with van der Waals surface area (Å²) in [6, 6.07) is 0. The first-order valence-corrected chi connectivity index (χ1v) is 14.9. The molecule has 0 aromatic rings. The van der Waals surface area contributed by atoms with Crippen LogP contribution in [-0.2, 0) is 38.1 Å². The van der Waals surface area contributed by atoms with Gasteiger partial charge in [-0.1, -0.05) is 20.8 Å². The van der Waals surface area contributed by atoms with Crippen LogP contribution in [0.5, 0.6) is 0 Å².